The molecule has 0 unspecified atom stereocenters. The molecule has 1 aliphatic heterocycles. The zero-order valence-electron chi connectivity index (χ0n) is 11.1. The van der Waals surface area contributed by atoms with E-state index in [2.05, 4.69) is 22.1 Å². The van der Waals surface area contributed by atoms with Gasteiger partial charge in [-0.15, -0.1) is 24.0 Å². The van der Waals surface area contributed by atoms with Crippen LogP contribution in [0.25, 0.3) is 0 Å². The Labute approximate surface area is 122 Å². The van der Waals surface area contributed by atoms with Crippen LogP contribution in [0, 0.1) is 11.8 Å². The molecule has 1 N–H and O–H groups in total. The maximum Gasteiger partial charge on any atom is 0.193 e. The topological polar surface area (TPSA) is 27.6 Å². The fourth-order valence-electron chi connectivity index (χ4n) is 2.35. The molecule has 0 atom stereocenters. The van der Waals surface area contributed by atoms with Gasteiger partial charge in [0, 0.05) is 26.7 Å². The van der Waals surface area contributed by atoms with E-state index in [4.69, 9.17) is 0 Å². The Bertz CT molecular complexity index is 243. The van der Waals surface area contributed by atoms with E-state index < -0.39 is 0 Å². The second kappa shape index (κ2) is 7.44. The minimum Gasteiger partial charge on any atom is -0.356 e. The van der Waals surface area contributed by atoms with E-state index in [1.165, 1.54) is 45.2 Å². The monoisotopic (exact) mass is 351 g/mol. The third-order valence-corrected chi connectivity index (χ3v) is 3.83. The lowest BCUT2D eigenvalue weighted by molar-refractivity contribution is 0.273. The van der Waals surface area contributed by atoms with E-state index in [-0.39, 0.29) is 24.0 Å². The quantitative estimate of drug-likeness (QED) is 0.481. The summed E-state index contributed by atoms with van der Waals surface area (Å²) in [4.78, 5) is 6.80. The molecule has 0 spiro atoms. The molecule has 1 heterocycles. The van der Waals surface area contributed by atoms with Gasteiger partial charge in [-0.05, 0) is 31.1 Å². The van der Waals surface area contributed by atoms with Crippen LogP contribution in [-0.4, -0.2) is 37.5 Å². The first-order valence-corrected chi connectivity index (χ1v) is 6.75. The number of guanidine groups is 1. The molecule has 2 fully saturated rings. The third-order valence-electron chi connectivity index (χ3n) is 3.83. The van der Waals surface area contributed by atoms with Gasteiger partial charge in [-0.2, -0.15) is 0 Å². The molecule has 4 heteroatoms. The molecule has 0 aromatic carbocycles. The first-order valence-electron chi connectivity index (χ1n) is 6.75. The van der Waals surface area contributed by atoms with Gasteiger partial charge in [0.2, 0.25) is 0 Å². The maximum atomic E-state index is 4.39. The van der Waals surface area contributed by atoms with E-state index in [9.17, 15) is 0 Å². The molecule has 100 valence electrons. The van der Waals surface area contributed by atoms with Crippen molar-refractivity contribution in [2.45, 2.75) is 39.0 Å². The summed E-state index contributed by atoms with van der Waals surface area (Å²) in [5, 5.41) is 3.50. The number of hydrogen-bond acceptors (Lipinski definition) is 1. The molecule has 1 aliphatic carbocycles. The largest absolute Gasteiger partial charge is 0.356 e. The van der Waals surface area contributed by atoms with Gasteiger partial charge in [0.15, 0.2) is 5.96 Å². The van der Waals surface area contributed by atoms with Crippen molar-refractivity contribution in [2.75, 3.05) is 26.7 Å². The van der Waals surface area contributed by atoms with Crippen LogP contribution in [0.3, 0.4) is 0 Å². The molecule has 2 rings (SSSR count). The summed E-state index contributed by atoms with van der Waals surface area (Å²) in [7, 11) is 1.90. The van der Waals surface area contributed by atoms with Crippen molar-refractivity contribution in [3.63, 3.8) is 0 Å². The molecule has 0 bridgehead atoms. The molecule has 3 nitrogen and oxygen atoms in total. The standard InChI is InChI=1S/C13H25N3.HI/c1-11-6-9-16(10-7-11)13(14-2)15-8-5-12-3-4-12;/h11-12H,3-10H2,1-2H3,(H,14,15);1H. The molecule has 0 amide bonds. The molecule has 17 heavy (non-hydrogen) atoms. The molecule has 2 aliphatic rings. The molecule has 1 saturated heterocycles. The molecular weight excluding hydrogens is 325 g/mol. The number of hydrogen-bond donors (Lipinski definition) is 1. The number of nitrogens with one attached hydrogen (secondary N) is 1. The van der Waals surface area contributed by atoms with Crippen LogP contribution in [0.5, 0.6) is 0 Å². The molecular formula is C13H26IN3. The first-order chi connectivity index (χ1) is 7.79. The second-order valence-electron chi connectivity index (χ2n) is 5.38. The van der Waals surface area contributed by atoms with E-state index in [0.717, 1.165) is 24.3 Å². The number of rotatable bonds is 3. The highest BCUT2D eigenvalue weighted by molar-refractivity contribution is 14.0. The highest BCUT2D eigenvalue weighted by Crippen LogP contribution is 2.31. The second-order valence-corrected chi connectivity index (χ2v) is 5.38. The van der Waals surface area contributed by atoms with Crippen molar-refractivity contribution in [2.24, 2.45) is 16.8 Å². The van der Waals surface area contributed by atoms with E-state index in [1.807, 2.05) is 7.05 Å². The summed E-state index contributed by atoms with van der Waals surface area (Å²) >= 11 is 0. The van der Waals surface area contributed by atoms with Gasteiger partial charge < -0.3 is 10.2 Å². The van der Waals surface area contributed by atoms with Crippen LogP contribution in [0.2, 0.25) is 0 Å². The van der Waals surface area contributed by atoms with Crippen LogP contribution in [0.1, 0.15) is 39.0 Å². The predicted octanol–water partition coefficient (Wildman–Crippen LogP) is 2.71. The Morgan fingerprint density at radius 3 is 2.41 bits per heavy atom. The van der Waals surface area contributed by atoms with E-state index in [0.29, 0.717) is 0 Å². The smallest absolute Gasteiger partial charge is 0.193 e. The summed E-state index contributed by atoms with van der Waals surface area (Å²) in [5.41, 5.74) is 0. The van der Waals surface area contributed by atoms with E-state index >= 15 is 0 Å². The number of nitrogens with zero attached hydrogens (tertiary/aromatic N) is 2. The van der Waals surface area contributed by atoms with Crippen molar-refractivity contribution in [3.8, 4) is 0 Å². The maximum absolute atomic E-state index is 4.39. The van der Waals surface area contributed by atoms with Gasteiger partial charge in [0.25, 0.3) is 0 Å². The first kappa shape index (κ1) is 15.1. The highest BCUT2D eigenvalue weighted by atomic mass is 127. The Morgan fingerprint density at radius 1 is 1.24 bits per heavy atom. The number of halogens is 1. The van der Waals surface area contributed by atoms with Crippen molar-refractivity contribution in [1.29, 1.82) is 0 Å². The van der Waals surface area contributed by atoms with Crippen molar-refractivity contribution in [1.82, 2.24) is 10.2 Å². The van der Waals surface area contributed by atoms with Crippen LogP contribution in [-0.2, 0) is 0 Å². The lowest BCUT2D eigenvalue weighted by Gasteiger charge is -2.32. The van der Waals surface area contributed by atoms with Crippen LogP contribution >= 0.6 is 24.0 Å². The van der Waals surface area contributed by atoms with Crippen LogP contribution in [0.15, 0.2) is 4.99 Å². The molecule has 0 radical (unpaired) electrons. The third kappa shape index (κ3) is 5.02. The summed E-state index contributed by atoms with van der Waals surface area (Å²) in [6, 6.07) is 0. The SMILES string of the molecule is CN=C(NCCC1CC1)N1CCC(C)CC1.I. The predicted molar refractivity (Wildman–Crippen MR) is 84.1 cm³/mol. The van der Waals surface area contributed by atoms with E-state index in [1.54, 1.807) is 0 Å². The lowest BCUT2D eigenvalue weighted by atomic mass is 10.00. The minimum atomic E-state index is 0. The minimum absolute atomic E-state index is 0. The van der Waals surface area contributed by atoms with Crippen molar-refractivity contribution in [3.05, 3.63) is 0 Å². The Kier molecular flexibility index (Phi) is 6.59. The Balaban J connectivity index is 0.00000144. The van der Waals surface area contributed by atoms with Gasteiger partial charge in [-0.1, -0.05) is 19.8 Å². The summed E-state index contributed by atoms with van der Waals surface area (Å²) in [5.74, 6) is 3.01. The zero-order chi connectivity index (χ0) is 11.4. The Morgan fingerprint density at radius 2 is 1.88 bits per heavy atom. The van der Waals surface area contributed by atoms with Gasteiger partial charge in [0.05, 0.1) is 0 Å². The molecule has 1 saturated carbocycles. The van der Waals surface area contributed by atoms with Gasteiger partial charge in [0.1, 0.15) is 0 Å². The zero-order valence-corrected chi connectivity index (χ0v) is 13.4. The number of likely N-dealkylation sites (tertiary alicyclic amines) is 1. The average Bonchev–Trinajstić information content (AvgIpc) is 3.10. The highest BCUT2D eigenvalue weighted by Gasteiger charge is 2.22. The van der Waals surface area contributed by atoms with Crippen LogP contribution < -0.4 is 5.32 Å². The summed E-state index contributed by atoms with van der Waals surface area (Å²) in [6.07, 6.45) is 6.83. The fraction of sp³-hybridized carbons (Fsp3) is 0.923. The van der Waals surface area contributed by atoms with Crippen molar-refractivity contribution >= 4 is 29.9 Å². The molecule has 0 aromatic heterocycles. The fourth-order valence-corrected chi connectivity index (χ4v) is 2.35. The van der Waals surface area contributed by atoms with Gasteiger partial charge in [-0.25, -0.2) is 0 Å². The molecule has 0 aromatic rings. The number of aliphatic imine (C=N–C) groups is 1. The van der Waals surface area contributed by atoms with Crippen molar-refractivity contribution < 1.29 is 0 Å². The summed E-state index contributed by atoms with van der Waals surface area (Å²) in [6.45, 7) is 5.79. The number of piperidine rings is 1. The average molecular weight is 351 g/mol. The van der Waals surface area contributed by atoms with Gasteiger partial charge >= 0.3 is 0 Å². The van der Waals surface area contributed by atoms with Crippen LogP contribution in [0.4, 0.5) is 0 Å². The van der Waals surface area contributed by atoms with Gasteiger partial charge in [-0.3, -0.25) is 4.99 Å². The normalized spacial score (nSPS) is 22.2. The summed E-state index contributed by atoms with van der Waals surface area (Å²) < 4.78 is 0. The lowest BCUT2D eigenvalue weighted by Crippen LogP contribution is -2.45. The Hall–Kier alpha value is 0.